The summed E-state index contributed by atoms with van der Waals surface area (Å²) in [6.07, 6.45) is 14.2. The minimum atomic E-state index is -0.00773. The Morgan fingerprint density at radius 1 is 0.696 bits per heavy atom. The van der Waals surface area contributed by atoms with Gasteiger partial charge in [-0.25, -0.2) is 0 Å². The Hall–Kier alpha value is -2.60. The van der Waals surface area contributed by atoms with E-state index < -0.39 is 0 Å². The van der Waals surface area contributed by atoms with Gasteiger partial charge >= 0.3 is 0 Å². The van der Waals surface area contributed by atoms with E-state index in [-0.39, 0.29) is 5.41 Å². The van der Waals surface area contributed by atoms with E-state index in [4.69, 9.17) is 0 Å². The van der Waals surface area contributed by atoms with E-state index in [1.165, 1.54) is 22.3 Å². The lowest BCUT2D eigenvalue weighted by Gasteiger charge is -2.30. The minimum absolute atomic E-state index is 0.00773. The van der Waals surface area contributed by atoms with Crippen LogP contribution in [0.25, 0.3) is 11.1 Å². The van der Waals surface area contributed by atoms with E-state index >= 15 is 0 Å². The number of hydrogen-bond donors (Lipinski definition) is 0. The molecule has 0 radical (unpaired) electrons. The molecule has 0 amide bonds. The molecule has 0 bridgehead atoms. The largest absolute Gasteiger partial charge is 0.0991 e. The van der Waals surface area contributed by atoms with Crippen molar-refractivity contribution in [3.05, 3.63) is 109 Å². The van der Waals surface area contributed by atoms with Crippen LogP contribution in [0.2, 0.25) is 0 Å². The van der Waals surface area contributed by atoms with Gasteiger partial charge in [0.25, 0.3) is 0 Å². The zero-order valence-electron chi connectivity index (χ0n) is 13.4. The van der Waals surface area contributed by atoms with E-state index in [0.29, 0.717) is 0 Å². The minimum Gasteiger partial charge on any atom is -0.0991 e. The molecule has 0 saturated heterocycles. The molecule has 114 valence electrons. The van der Waals surface area contributed by atoms with Crippen LogP contribution in [0.4, 0.5) is 0 Å². The molecule has 0 fully saturated rings. The highest BCUT2D eigenvalue weighted by molar-refractivity contribution is 5.81. The van der Waals surface area contributed by atoms with Gasteiger partial charge in [0.05, 0.1) is 0 Å². The van der Waals surface area contributed by atoms with Crippen LogP contribution in [0.15, 0.2) is 98.1 Å². The molecule has 1 aliphatic carbocycles. The summed E-state index contributed by atoms with van der Waals surface area (Å²) in [5, 5.41) is 0. The molecule has 2 aromatic carbocycles. The molecule has 0 aliphatic heterocycles. The summed E-state index contributed by atoms with van der Waals surface area (Å²) in [6.45, 7) is 7.60. The number of benzene rings is 2. The summed E-state index contributed by atoms with van der Waals surface area (Å²) in [7, 11) is 0. The molecule has 0 aromatic heterocycles. The number of allylic oxidation sites excluding steroid dienone is 6. The summed E-state index contributed by atoms with van der Waals surface area (Å²) in [5.41, 5.74) is 5.56. The Bertz CT molecular complexity index is 707. The van der Waals surface area contributed by atoms with Crippen molar-refractivity contribution in [2.75, 3.05) is 0 Å². The maximum Gasteiger partial charge on any atom is 0.0284 e. The normalized spacial score (nSPS) is 14.8. The predicted molar refractivity (Wildman–Crippen MR) is 101 cm³/mol. The molecule has 3 rings (SSSR count). The van der Waals surface area contributed by atoms with Crippen LogP contribution in [-0.2, 0) is 5.41 Å². The average molecular weight is 298 g/mol. The van der Waals surface area contributed by atoms with Crippen molar-refractivity contribution in [1.29, 1.82) is 0 Å². The lowest BCUT2D eigenvalue weighted by Crippen LogP contribution is -2.23. The highest BCUT2D eigenvalue weighted by Gasteiger charge is 2.40. The van der Waals surface area contributed by atoms with Gasteiger partial charge in [-0.15, -0.1) is 0 Å². The first-order valence-electron chi connectivity index (χ1n) is 8.08. The van der Waals surface area contributed by atoms with Gasteiger partial charge in [0.15, 0.2) is 0 Å². The first-order valence-corrected chi connectivity index (χ1v) is 8.08. The molecule has 0 heterocycles. The van der Waals surface area contributed by atoms with Crippen LogP contribution >= 0.6 is 0 Å². The third-order valence-corrected chi connectivity index (χ3v) is 4.65. The van der Waals surface area contributed by atoms with Gasteiger partial charge in [-0.05, 0) is 35.1 Å². The first-order chi connectivity index (χ1) is 11.3. The second kappa shape index (κ2) is 6.66. The van der Waals surface area contributed by atoms with Gasteiger partial charge in [0.1, 0.15) is 0 Å². The van der Waals surface area contributed by atoms with Crippen molar-refractivity contribution < 1.29 is 0 Å². The van der Waals surface area contributed by atoms with Crippen LogP contribution < -0.4 is 0 Å². The highest BCUT2D eigenvalue weighted by atomic mass is 14.4. The first kappa shape index (κ1) is 15.3. The second-order valence-corrected chi connectivity index (χ2v) is 5.91. The lowest BCUT2D eigenvalue weighted by atomic mass is 9.72. The van der Waals surface area contributed by atoms with Crippen molar-refractivity contribution in [2.45, 2.75) is 18.3 Å². The van der Waals surface area contributed by atoms with Gasteiger partial charge in [0, 0.05) is 5.41 Å². The molecular weight excluding hydrogens is 276 g/mol. The van der Waals surface area contributed by atoms with Gasteiger partial charge < -0.3 is 0 Å². The molecule has 0 unspecified atom stereocenters. The van der Waals surface area contributed by atoms with Gasteiger partial charge in [-0.3, -0.25) is 0 Å². The van der Waals surface area contributed by atoms with Crippen molar-refractivity contribution >= 4 is 0 Å². The Morgan fingerprint density at radius 2 is 1.13 bits per heavy atom. The van der Waals surface area contributed by atoms with E-state index in [2.05, 4.69) is 73.8 Å². The molecule has 0 atom stereocenters. The van der Waals surface area contributed by atoms with Crippen LogP contribution in [0.1, 0.15) is 24.0 Å². The zero-order valence-corrected chi connectivity index (χ0v) is 13.4. The molecule has 0 saturated carbocycles. The smallest absolute Gasteiger partial charge is 0.0284 e. The summed E-state index contributed by atoms with van der Waals surface area (Å²) in [6, 6.07) is 17.6. The summed E-state index contributed by atoms with van der Waals surface area (Å²) in [5.74, 6) is 0. The van der Waals surface area contributed by atoms with Crippen LogP contribution in [-0.4, -0.2) is 0 Å². The second-order valence-electron chi connectivity index (χ2n) is 5.91. The molecule has 1 aliphatic rings. The number of fused-ring (bicyclic) bond motifs is 3. The molecule has 2 aromatic rings. The Morgan fingerprint density at radius 3 is 1.57 bits per heavy atom. The van der Waals surface area contributed by atoms with Gasteiger partial charge in [-0.1, -0.05) is 98.1 Å². The van der Waals surface area contributed by atoms with Crippen LogP contribution in [0.3, 0.4) is 0 Å². The molecular formula is C23H22. The maximum atomic E-state index is 3.80. The van der Waals surface area contributed by atoms with Crippen molar-refractivity contribution in [3.8, 4) is 11.1 Å². The predicted octanol–water partition coefficient (Wildman–Crippen LogP) is 6.22. The van der Waals surface area contributed by atoms with Gasteiger partial charge in [-0.2, -0.15) is 0 Å². The third kappa shape index (κ3) is 2.61. The Labute approximate surface area is 139 Å². The molecule has 0 nitrogen and oxygen atoms in total. The van der Waals surface area contributed by atoms with Gasteiger partial charge in [0.2, 0.25) is 0 Å². The highest BCUT2D eigenvalue weighted by Crippen LogP contribution is 2.52. The van der Waals surface area contributed by atoms with E-state index in [1.807, 2.05) is 24.3 Å². The van der Waals surface area contributed by atoms with E-state index in [9.17, 15) is 0 Å². The lowest BCUT2D eigenvalue weighted by molar-refractivity contribution is 0.542. The Balaban J connectivity index is 2.19. The van der Waals surface area contributed by atoms with E-state index in [1.54, 1.807) is 0 Å². The summed E-state index contributed by atoms with van der Waals surface area (Å²) < 4.78 is 0. The molecule has 0 N–H and O–H groups in total. The summed E-state index contributed by atoms with van der Waals surface area (Å²) in [4.78, 5) is 0. The SMILES string of the molecule is C=C/C=C/CC1(C/C=C/C=C)c2ccccc2-c2ccccc21. The fraction of sp³-hybridized carbons (Fsp3) is 0.130. The van der Waals surface area contributed by atoms with E-state index in [0.717, 1.165) is 12.8 Å². The van der Waals surface area contributed by atoms with Crippen molar-refractivity contribution in [2.24, 2.45) is 0 Å². The standard InChI is InChI=1S/C23H22/c1-3-5-11-17-23(18-12-6-4-2)21-15-9-7-13-19(21)20-14-8-10-16-22(20)23/h3-16H,1-2,17-18H2/b11-5+,12-6+. The number of rotatable bonds is 6. The van der Waals surface area contributed by atoms with Crippen LogP contribution in [0, 0.1) is 0 Å². The fourth-order valence-corrected chi connectivity index (χ4v) is 3.67. The maximum absolute atomic E-state index is 3.80. The number of hydrogen-bond acceptors (Lipinski definition) is 0. The fourth-order valence-electron chi connectivity index (χ4n) is 3.67. The third-order valence-electron chi connectivity index (χ3n) is 4.65. The summed E-state index contributed by atoms with van der Waals surface area (Å²) >= 11 is 0. The Kier molecular flexibility index (Phi) is 4.43. The van der Waals surface area contributed by atoms with Crippen molar-refractivity contribution in [1.82, 2.24) is 0 Å². The quantitative estimate of drug-likeness (QED) is 0.555. The van der Waals surface area contributed by atoms with Crippen LogP contribution in [0.5, 0.6) is 0 Å². The monoisotopic (exact) mass is 298 g/mol. The molecule has 0 spiro atoms. The molecule has 23 heavy (non-hydrogen) atoms. The van der Waals surface area contributed by atoms with Crippen molar-refractivity contribution in [3.63, 3.8) is 0 Å². The topological polar surface area (TPSA) is 0 Å². The average Bonchev–Trinajstić information content (AvgIpc) is 2.87. The zero-order chi connectivity index (χ0) is 16.1. The molecule has 0 heteroatoms.